The van der Waals surface area contributed by atoms with Gasteiger partial charge in [-0.15, -0.1) is 0 Å². The van der Waals surface area contributed by atoms with Gasteiger partial charge in [0.05, 0.1) is 24.4 Å². The molecule has 0 saturated carbocycles. The van der Waals surface area contributed by atoms with Gasteiger partial charge in [0.15, 0.2) is 0 Å². The second-order valence-electron chi connectivity index (χ2n) is 5.02. The second kappa shape index (κ2) is 7.17. The molecule has 2 aromatic rings. The van der Waals surface area contributed by atoms with Gasteiger partial charge in [0, 0.05) is 11.4 Å². The summed E-state index contributed by atoms with van der Waals surface area (Å²) in [4.78, 5) is 16.9. The molecule has 5 nitrogen and oxygen atoms in total. The van der Waals surface area contributed by atoms with Gasteiger partial charge in [-0.05, 0) is 37.6 Å². The fourth-order valence-electron chi connectivity index (χ4n) is 2.36. The summed E-state index contributed by atoms with van der Waals surface area (Å²) in [6.07, 6.45) is 1.59. The van der Waals surface area contributed by atoms with E-state index in [1.165, 1.54) is 16.8 Å². The van der Waals surface area contributed by atoms with E-state index in [0.29, 0.717) is 23.4 Å². The Kier molecular flexibility index (Phi) is 5.27. The summed E-state index contributed by atoms with van der Waals surface area (Å²) in [5, 5.41) is 12.0. The van der Waals surface area contributed by atoms with E-state index in [9.17, 15) is 9.18 Å². The molecule has 2 N–H and O–H groups in total. The monoisotopic (exact) mass is 305 g/mol. The van der Waals surface area contributed by atoms with Crippen molar-refractivity contribution in [1.82, 2.24) is 9.78 Å². The Labute approximate surface area is 128 Å². The van der Waals surface area contributed by atoms with Crippen LogP contribution in [0, 0.1) is 5.82 Å². The highest BCUT2D eigenvalue weighted by atomic mass is 19.1. The van der Waals surface area contributed by atoms with Crippen molar-refractivity contribution in [3.63, 3.8) is 0 Å². The first-order valence-corrected chi connectivity index (χ1v) is 7.30. The molecule has 1 aromatic carbocycles. The normalized spacial score (nSPS) is 11.9. The van der Waals surface area contributed by atoms with E-state index < -0.39 is 0 Å². The molecule has 118 valence electrons. The average molecular weight is 305 g/mol. The minimum Gasteiger partial charge on any atom is -0.394 e. The van der Waals surface area contributed by atoms with Crippen molar-refractivity contribution in [2.24, 2.45) is 4.99 Å². The van der Waals surface area contributed by atoms with Crippen molar-refractivity contribution in [3.8, 4) is 5.69 Å². The number of aryl methyl sites for hydroxylation is 1. The van der Waals surface area contributed by atoms with Crippen molar-refractivity contribution < 1.29 is 9.50 Å². The number of aromatic amines is 1. The summed E-state index contributed by atoms with van der Waals surface area (Å²) in [6, 6.07) is 5.73. The predicted molar refractivity (Wildman–Crippen MR) is 84.5 cm³/mol. The van der Waals surface area contributed by atoms with E-state index in [0.717, 1.165) is 12.1 Å². The number of nitrogens with one attached hydrogen (secondary N) is 1. The van der Waals surface area contributed by atoms with Gasteiger partial charge in [0.25, 0.3) is 5.56 Å². The van der Waals surface area contributed by atoms with Crippen LogP contribution in [0.1, 0.15) is 31.5 Å². The van der Waals surface area contributed by atoms with Gasteiger partial charge >= 0.3 is 0 Å². The molecule has 22 heavy (non-hydrogen) atoms. The summed E-state index contributed by atoms with van der Waals surface area (Å²) in [7, 11) is 0. The first kappa shape index (κ1) is 16.2. The van der Waals surface area contributed by atoms with Gasteiger partial charge in [-0.2, -0.15) is 0 Å². The highest BCUT2D eigenvalue weighted by molar-refractivity contribution is 5.99. The Morgan fingerprint density at radius 3 is 2.64 bits per heavy atom. The number of aliphatic imine (C=N–C) groups is 1. The third kappa shape index (κ3) is 3.33. The molecule has 1 aromatic heterocycles. The lowest BCUT2D eigenvalue weighted by Gasteiger charge is -2.01. The Morgan fingerprint density at radius 2 is 2.05 bits per heavy atom. The topological polar surface area (TPSA) is 70.4 Å². The molecular weight excluding hydrogens is 285 g/mol. The molecule has 0 aliphatic rings. The maximum atomic E-state index is 13.0. The zero-order chi connectivity index (χ0) is 16.1. The maximum absolute atomic E-state index is 13.0. The first-order valence-electron chi connectivity index (χ1n) is 7.30. The molecule has 0 spiro atoms. The van der Waals surface area contributed by atoms with Gasteiger partial charge in [-0.1, -0.05) is 13.3 Å². The van der Waals surface area contributed by atoms with Crippen LogP contribution in [0.5, 0.6) is 0 Å². The molecule has 6 heteroatoms. The number of aromatic nitrogens is 2. The molecule has 0 radical (unpaired) electrons. The van der Waals surface area contributed by atoms with Gasteiger partial charge in [0.1, 0.15) is 5.82 Å². The highest BCUT2D eigenvalue weighted by Gasteiger charge is 2.17. The van der Waals surface area contributed by atoms with Crippen LogP contribution in [0.25, 0.3) is 5.69 Å². The van der Waals surface area contributed by atoms with Crippen molar-refractivity contribution in [3.05, 3.63) is 51.7 Å². The molecule has 0 aliphatic heterocycles. The Bertz CT molecular complexity index is 714. The Balaban J connectivity index is 2.54. The van der Waals surface area contributed by atoms with Crippen LogP contribution in [0.15, 0.2) is 34.1 Å². The van der Waals surface area contributed by atoms with Crippen LogP contribution in [-0.2, 0) is 6.42 Å². The molecule has 0 aliphatic carbocycles. The number of hydrogen-bond acceptors (Lipinski definition) is 3. The molecule has 0 atom stereocenters. The first-order chi connectivity index (χ1) is 10.6. The van der Waals surface area contributed by atoms with Crippen LogP contribution in [-0.4, -0.2) is 33.8 Å². The zero-order valence-electron chi connectivity index (χ0n) is 12.8. The number of hydrogen-bond donors (Lipinski definition) is 2. The summed E-state index contributed by atoms with van der Waals surface area (Å²) >= 11 is 0. The van der Waals surface area contributed by atoms with E-state index in [2.05, 4.69) is 10.1 Å². The lowest BCUT2D eigenvalue weighted by Crippen LogP contribution is -2.20. The molecular formula is C16H20FN3O2. The summed E-state index contributed by atoms with van der Waals surface area (Å²) in [5.41, 5.74) is 2.29. The van der Waals surface area contributed by atoms with E-state index in [1.807, 2.05) is 6.92 Å². The summed E-state index contributed by atoms with van der Waals surface area (Å²) in [6.45, 7) is 3.99. The van der Waals surface area contributed by atoms with Crippen LogP contribution < -0.4 is 5.56 Å². The predicted octanol–water partition coefficient (Wildman–Crippen LogP) is 2.06. The fourth-order valence-corrected chi connectivity index (χ4v) is 2.36. The van der Waals surface area contributed by atoms with E-state index >= 15 is 0 Å². The largest absolute Gasteiger partial charge is 0.394 e. The second-order valence-corrected chi connectivity index (χ2v) is 5.02. The SMILES string of the molecule is CCCc1[nH]n(-c2ccc(F)cc2)c(=O)c1C(C)=NCCO. The maximum Gasteiger partial charge on any atom is 0.280 e. The number of aliphatic hydroxyl groups is 1. The Morgan fingerprint density at radius 1 is 1.36 bits per heavy atom. The van der Waals surface area contributed by atoms with Crippen molar-refractivity contribution in [1.29, 1.82) is 0 Å². The lowest BCUT2D eigenvalue weighted by atomic mass is 10.1. The average Bonchev–Trinajstić information content (AvgIpc) is 2.83. The van der Waals surface area contributed by atoms with Gasteiger partial charge in [-0.25, -0.2) is 9.07 Å². The minimum atomic E-state index is -0.349. The van der Waals surface area contributed by atoms with E-state index in [-0.39, 0.29) is 24.5 Å². The number of nitrogens with zero attached hydrogens (tertiary/aromatic N) is 2. The third-order valence-electron chi connectivity index (χ3n) is 3.36. The van der Waals surface area contributed by atoms with Crippen LogP contribution in [0.2, 0.25) is 0 Å². The van der Waals surface area contributed by atoms with Crippen molar-refractivity contribution in [2.75, 3.05) is 13.2 Å². The van der Waals surface area contributed by atoms with Crippen LogP contribution in [0.3, 0.4) is 0 Å². The molecule has 0 saturated heterocycles. The fraction of sp³-hybridized carbons (Fsp3) is 0.375. The van der Waals surface area contributed by atoms with E-state index in [1.54, 1.807) is 19.1 Å². The van der Waals surface area contributed by atoms with Crippen molar-refractivity contribution >= 4 is 5.71 Å². The molecule has 0 fully saturated rings. The molecule has 1 heterocycles. The number of H-pyrrole nitrogens is 1. The summed E-state index contributed by atoms with van der Waals surface area (Å²) < 4.78 is 14.4. The number of aliphatic hydroxyl groups excluding tert-OH is 1. The zero-order valence-corrected chi connectivity index (χ0v) is 12.8. The molecule has 2 rings (SSSR count). The quantitative estimate of drug-likeness (QED) is 0.802. The highest BCUT2D eigenvalue weighted by Crippen LogP contribution is 2.11. The van der Waals surface area contributed by atoms with Gasteiger partial charge < -0.3 is 5.11 Å². The van der Waals surface area contributed by atoms with Gasteiger partial charge in [0.2, 0.25) is 0 Å². The smallest absolute Gasteiger partial charge is 0.280 e. The number of rotatable bonds is 6. The number of halogens is 1. The van der Waals surface area contributed by atoms with Gasteiger partial charge in [-0.3, -0.25) is 14.9 Å². The molecule has 0 bridgehead atoms. The third-order valence-corrected chi connectivity index (χ3v) is 3.36. The van der Waals surface area contributed by atoms with Crippen LogP contribution >= 0.6 is 0 Å². The van der Waals surface area contributed by atoms with Crippen LogP contribution in [0.4, 0.5) is 4.39 Å². The van der Waals surface area contributed by atoms with E-state index in [4.69, 9.17) is 5.11 Å². The minimum absolute atomic E-state index is 0.0585. The standard InChI is InChI=1S/C16H20FN3O2/c1-3-4-14-15(11(2)18-9-10-21)16(22)20(19-14)13-7-5-12(17)6-8-13/h5-8,19,21H,3-4,9-10H2,1-2H3. The Hall–Kier alpha value is -2.21. The molecule has 0 unspecified atom stereocenters. The van der Waals surface area contributed by atoms with Crippen molar-refractivity contribution in [2.45, 2.75) is 26.7 Å². The summed E-state index contributed by atoms with van der Waals surface area (Å²) in [5.74, 6) is -0.349. The number of benzene rings is 1. The molecule has 0 amide bonds. The lowest BCUT2D eigenvalue weighted by molar-refractivity contribution is 0.307.